The van der Waals surface area contributed by atoms with Gasteiger partial charge in [0.1, 0.15) is 0 Å². The lowest BCUT2D eigenvalue weighted by Crippen LogP contribution is -2.17. The molecule has 0 aliphatic carbocycles. The Balaban J connectivity index is 2.35. The van der Waals surface area contributed by atoms with E-state index in [1.54, 1.807) is 13.0 Å². The van der Waals surface area contributed by atoms with E-state index < -0.39 is 15.9 Å². The van der Waals surface area contributed by atoms with Crippen LogP contribution in [-0.2, 0) is 10.0 Å². The van der Waals surface area contributed by atoms with Gasteiger partial charge in [0.15, 0.2) is 5.69 Å². The summed E-state index contributed by atoms with van der Waals surface area (Å²) in [6.07, 6.45) is 0. The minimum atomic E-state index is -3.82. The Morgan fingerprint density at radius 3 is 2.74 bits per heavy atom. The van der Waals surface area contributed by atoms with Gasteiger partial charge in [0.2, 0.25) is 10.0 Å². The molecule has 2 rings (SSSR count). The summed E-state index contributed by atoms with van der Waals surface area (Å²) in [6, 6.07) is 4.47. The minimum absolute atomic E-state index is 0.0262. The number of nitrogens with two attached hydrogens (primary N) is 1. The minimum Gasteiger partial charge on any atom is -0.320 e. The first-order valence-corrected chi connectivity index (χ1v) is 7.48. The first kappa shape index (κ1) is 13.6. The third-order valence-electron chi connectivity index (χ3n) is 2.43. The molecule has 100 valence electrons. The van der Waals surface area contributed by atoms with E-state index in [1.807, 2.05) is 0 Å². The van der Waals surface area contributed by atoms with Crippen LogP contribution in [0.4, 0.5) is 5.69 Å². The van der Waals surface area contributed by atoms with Crippen molar-refractivity contribution >= 4 is 33.2 Å². The second-order valence-electron chi connectivity index (χ2n) is 3.72. The SMILES string of the molecule is Cc1c(NC(=O)c2csnn2)cccc1S(N)(=O)=O. The molecular weight excluding hydrogens is 288 g/mol. The highest BCUT2D eigenvalue weighted by Gasteiger charge is 2.16. The van der Waals surface area contributed by atoms with E-state index in [0.717, 1.165) is 11.5 Å². The van der Waals surface area contributed by atoms with Crippen molar-refractivity contribution in [3.63, 3.8) is 0 Å². The molecule has 3 N–H and O–H groups in total. The maximum absolute atomic E-state index is 11.8. The van der Waals surface area contributed by atoms with Crippen molar-refractivity contribution in [3.8, 4) is 0 Å². The molecule has 7 nitrogen and oxygen atoms in total. The number of sulfonamides is 1. The summed E-state index contributed by atoms with van der Waals surface area (Å²) in [7, 11) is -3.82. The summed E-state index contributed by atoms with van der Waals surface area (Å²) in [4.78, 5) is 11.8. The van der Waals surface area contributed by atoms with Gasteiger partial charge in [0, 0.05) is 11.1 Å². The lowest BCUT2D eigenvalue weighted by Gasteiger charge is -2.10. The Morgan fingerprint density at radius 2 is 2.16 bits per heavy atom. The lowest BCUT2D eigenvalue weighted by molar-refractivity contribution is 0.102. The number of benzene rings is 1. The zero-order valence-electron chi connectivity index (χ0n) is 9.82. The number of aromatic nitrogens is 2. The van der Waals surface area contributed by atoms with Crippen LogP contribution in [0, 0.1) is 6.92 Å². The van der Waals surface area contributed by atoms with Crippen LogP contribution >= 0.6 is 11.5 Å². The summed E-state index contributed by atoms with van der Waals surface area (Å²) >= 11 is 1.05. The predicted octanol–water partition coefficient (Wildman–Crippen LogP) is 0.746. The number of amides is 1. The third kappa shape index (κ3) is 2.95. The fourth-order valence-electron chi connectivity index (χ4n) is 1.51. The Morgan fingerprint density at radius 1 is 1.42 bits per heavy atom. The van der Waals surface area contributed by atoms with Crippen molar-refractivity contribution in [2.24, 2.45) is 5.14 Å². The molecule has 1 aromatic carbocycles. The molecule has 2 aromatic rings. The number of nitrogens with one attached hydrogen (secondary N) is 1. The largest absolute Gasteiger partial charge is 0.320 e. The van der Waals surface area contributed by atoms with Gasteiger partial charge >= 0.3 is 0 Å². The maximum atomic E-state index is 11.8. The first-order chi connectivity index (χ1) is 8.89. The van der Waals surface area contributed by atoms with Crippen LogP contribution in [0.5, 0.6) is 0 Å². The molecule has 1 heterocycles. The quantitative estimate of drug-likeness (QED) is 0.867. The molecule has 1 amide bonds. The molecule has 0 saturated heterocycles. The van der Waals surface area contributed by atoms with E-state index in [2.05, 4.69) is 14.9 Å². The third-order valence-corrected chi connectivity index (χ3v) is 3.99. The van der Waals surface area contributed by atoms with Gasteiger partial charge in [-0.25, -0.2) is 13.6 Å². The fourth-order valence-corrected chi connectivity index (χ4v) is 2.75. The highest BCUT2D eigenvalue weighted by atomic mass is 32.2. The molecule has 0 aliphatic rings. The van der Waals surface area contributed by atoms with Gasteiger partial charge in [-0.1, -0.05) is 10.6 Å². The van der Waals surface area contributed by atoms with Gasteiger partial charge in [-0.2, -0.15) is 0 Å². The van der Waals surface area contributed by atoms with E-state index >= 15 is 0 Å². The number of hydrogen-bond donors (Lipinski definition) is 2. The number of primary sulfonamides is 1. The Labute approximate surface area is 113 Å². The van der Waals surface area contributed by atoms with Crippen LogP contribution in [0.1, 0.15) is 16.1 Å². The van der Waals surface area contributed by atoms with Crippen molar-refractivity contribution in [2.45, 2.75) is 11.8 Å². The molecule has 0 bridgehead atoms. The average Bonchev–Trinajstić information content (AvgIpc) is 2.83. The summed E-state index contributed by atoms with van der Waals surface area (Å²) in [6.45, 7) is 1.56. The maximum Gasteiger partial charge on any atom is 0.277 e. The first-order valence-electron chi connectivity index (χ1n) is 5.10. The molecule has 0 radical (unpaired) electrons. The van der Waals surface area contributed by atoms with E-state index in [4.69, 9.17) is 5.14 Å². The van der Waals surface area contributed by atoms with Crippen molar-refractivity contribution in [2.75, 3.05) is 5.32 Å². The van der Waals surface area contributed by atoms with Crippen molar-refractivity contribution < 1.29 is 13.2 Å². The van der Waals surface area contributed by atoms with Crippen molar-refractivity contribution in [1.29, 1.82) is 0 Å². The summed E-state index contributed by atoms with van der Waals surface area (Å²) in [5.74, 6) is -0.455. The number of rotatable bonds is 3. The Kier molecular flexibility index (Phi) is 3.60. The second-order valence-corrected chi connectivity index (χ2v) is 5.86. The number of carbonyl (C=O) groups is 1. The lowest BCUT2D eigenvalue weighted by atomic mass is 10.2. The second kappa shape index (κ2) is 5.03. The number of carbonyl (C=O) groups excluding carboxylic acids is 1. The molecule has 0 aliphatic heterocycles. The van der Waals surface area contributed by atoms with Gasteiger partial charge in [0.25, 0.3) is 5.91 Å². The molecule has 0 unspecified atom stereocenters. The van der Waals surface area contributed by atoms with Crippen LogP contribution in [-0.4, -0.2) is 23.9 Å². The Hall–Kier alpha value is -1.84. The van der Waals surface area contributed by atoms with Crippen LogP contribution in [0.25, 0.3) is 0 Å². The summed E-state index contributed by atoms with van der Waals surface area (Å²) in [5, 5.41) is 12.8. The van der Waals surface area contributed by atoms with Crippen molar-refractivity contribution in [1.82, 2.24) is 9.59 Å². The topological polar surface area (TPSA) is 115 Å². The van der Waals surface area contributed by atoms with Crippen molar-refractivity contribution in [3.05, 3.63) is 34.8 Å². The van der Waals surface area contributed by atoms with E-state index in [9.17, 15) is 13.2 Å². The van der Waals surface area contributed by atoms with Gasteiger partial charge < -0.3 is 5.32 Å². The summed E-state index contributed by atoms with van der Waals surface area (Å²) < 4.78 is 26.3. The predicted molar refractivity (Wildman–Crippen MR) is 70.4 cm³/mol. The van der Waals surface area contributed by atoms with Gasteiger partial charge in [-0.05, 0) is 36.2 Å². The Bertz CT molecular complexity index is 710. The number of hydrogen-bond acceptors (Lipinski definition) is 6. The monoisotopic (exact) mass is 298 g/mol. The molecule has 9 heteroatoms. The number of anilines is 1. The van der Waals surface area contributed by atoms with E-state index in [-0.39, 0.29) is 10.6 Å². The zero-order chi connectivity index (χ0) is 14.0. The average molecular weight is 298 g/mol. The molecule has 19 heavy (non-hydrogen) atoms. The summed E-state index contributed by atoms with van der Waals surface area (Å²) in [5.41, 5.74) is 0.913. The highest BCUT2D eigenvalue weighted by Crippen LogP contribution is 2.22. The van der Waals surface area contributed by atoms with Crippen LogP contribution in [0.15, 0.2) is 28.5 Å². The van der Waals surface area contributed by atoms with E-state index in [0.29, 0.717) is 11.3 Å². The van der Waals surface area contributed by atoms with Crippen LogP contribution in [0.3, 0.4) is 0 Å². The molecular formula is C10H10N4O3S2. The highest BCUT2D eigenvalue weighted by molar-refractivity contribution is 7.89. The molecule has 0 spiro atoms. The van der Waals surface area contributed by atoms with E-state index in [1.165, 1.54) is 17.5 Å². The molecule has 0 atom stereocenters. The van der Waals surface area contributed by atoms with Gasteiger partial charge in [0.05, 0.1) is 4.90 Å². The normalized spacial score (nSPS) is 11.3. The zero-order valence-corrected chi connectivity index (χ0v) is 11.5. The standard InChI is InChI=1S/C10H10N4O3S2/c1-6-7(3-2-4-9(6)19(11,16)17)12-10(15)8-5-18-14-13-8/h2-5H,1H3,(H,12,15)(H2,11,16,17). The van der Waals surface area contributed by atoms with Crippen LogP contribution < -0.4 is 10.5 Å². The number of nitrogens with zero attached hydrogens (tertiary/aromatic N) is 2. The molecule has 0 fully saturated rings. The molecule has 0 saturated carbocycles. The van der Waals surface area contributed by atoms with Gasteiger partial charge in [-0.3, -0.25) is 4.79 Å². The molecule has 1 aromatic heterocycles. The van der Waals surface area contributed by atoms with Gasteiger partial charge in [-0.15, -0.1) is 5.10 Å². The van der Waals surface area contributed by atoms with Crippen LogP contribution in [0.2, 0.25) is 0 Å². The smallest absolute Gasteiger partial charge is 0.277 e. The fraction of sp³-hybridized carbons (Fsp3) is 0.100.